The van der Waals surface area contributed by atoms with E-state index in [-0.39, 0.29) is 5.60 Å². The van der Waals surface area contributed by atoms with Gasteiger partial charge in [-0.1, -0.05) is 19.3 Å². The summed E-state index contributed by atoms with van der Waals surface area (Å²) in [5.41, 5.74) is 0.185. The van der Waals surface area contributed by atoms with Gasteiger partial charge in [0.2, 0.25) is 0 Å². The summed E-state index contributed by atoms with van der Waals surface area (Å²) in [5, 5.41) is 3.47. The molecule has 2 heteroatoms. The van der Waals surface area contributed by atoms with Gasteiger partial charge < -0.3 is 10.1 Å². The van der Waals surface area contributed by atoms with Gasteiger partial charge in [0.15, 0.2) is 0 Å². The van der Waals surface area contributed by atoms with Crippen LogP contribution < -0.4 is 5.32 Å². The average molecular weight is 197 g/mol. The molecule has 0 heterocycles. The van der Waals surface area contributed by atoms with E-state index in [4.69, 9.17) is 4.74 Å². The number of ether oxygens (including phenoxy) is 1. The standard InChI is InChI=1S/C12H23NO/c1-13-11(9-10-5-3-6-10)12(14-2)7-4-8-12/h10-11,13H,3-9H2,1-2H3. The van der Waals surface area contributed by atoms with E-state index in [1.54, 1.807) is 0 Å². The van der Waals surface area contributed by atoms with Crippen molar-refractivity contribution in [3.05, 3.63) is 0 Å². The molecule has 0 radical (unpaired) electrons. The van der Waals surface area contributed by atoms with Crippen LogP contribution in [0.25, 0.3) is 0 Å². The van der Waals surface area contributed by atoms with Crippen molar-refractivity contribution in [3.8, 4) is 0 Å². The Morgan fingerprint density at radius 2 is 2.07 bits per heavy atom. The minimum Gasteiger partial charge on any atom is -0.377 e. The first kappa shape index (κ1) is 10.4. The lowest BCUT2D eigenvalue weighted by atomic mass is 9.69. The number of nitrogens with one attached hydrogen (secondary N) is 1. The lowest BCUT2D eigenvalue weighted by molar-refractivity contribution is -0.103. The number of hydrogen-bond donors (Lipinski definition) is 1. The number of methoxy groups -OCH3 is 1. The maximum absolute atomic E-state index is 5.73. The normalized spacial score (nSPS) is 27.9. The molecule has 1 atom stereocenters. The summed E-state index contributed by atoms with van der Waals surface area (Å²) in [7, 11) is 3.96. The number of hydrogen-bond acceptors (Lipinski definition) is 2. The van der Waals surface area contributed by atoms with Crippen LogP contribution in [0.1, 0.15) is 44.9 Å². The highest BCUT2D eigenvalue weighted by molar-refractivity contribution is 5.00. The largest absolute Gasteiger partial charge is 0.377 e. The smallest absolute Gasteiger partial charge is 0.0831 e. The van der Waals surface area contributed by atoms with E-state index in [1.807, 2.05) is 7.11 Å². The van der Waals surface area contributed by atoms with Crippen LogP contribution in [0.5, 0.6) is 0 Å². The summed E-state index contributed by atoms with van der Waals surface area (Å²) in [6.07, 6.45) is 9.50. The Bertz CT molecular complexity index is 179. The quantitative estimate of drug-likeness (QED) is 0.730. The van der Waals surface area contributed by atoms with Crippen molar-refractivity contribution in [3.63, 3.8) is 0 Å². The molecule has 1 unspecified atom stereocenters. The molecule has 14 heavy (non-hydrogen) atoms. The summed E-state index contributed by atoms with van der Waals surface area (Å²) in [4.78, 5) is 0. The highest BCUT2D eigenvalue weighted by Crippen LogP contribution is 2.42. The first-order valence-electron chi connectivity index (χ1n) is 6.03. The maximum atomic E-state index is 5.73. The molecule has 0 saturated heterocycles. The fourth-order valence-electron chi connectivity index (χ4n) is 2.88. The molecule has 82 valence electrons. The van der Waals surface area contributed by atoms with Gasteiger partial charge in [0.25, 0.3) is 0 Å². The molecule has 0 bridgehead atoms. The highest BCUT2D eigenvalue weighted by atomic mass is 16.5. The van der Waals surface area contributed by atoms with Gasteiger partial charge >= 0.3 is 0 Å². The Hall–Kier alpha value is -0.0800. The summed E-state index contributed by atoms with van der Waals surface area (Å²) in [6, 6.07) is 0.589. The van der Waals surface area contributed by atoms with Crippen LogP contribution in [0.4, 0.5) is 0 Å². The van der Waals surface area contributed by atoms with Crippen LogP contribution in [0.2, 0.25) is 0 Å². The minimum absolute atomic E-state index is 0.185. The second-order valence-corrected chi connectivity index (χ2v) is 5.00. The zero-order chi connectivity index (χ0) is 10.0. The van der Waals surface area contributed by atoms with Crippen molar-refractivity contribution >= 4 is 0 Å². The van der Waals surface area contributed by atoms with Crippen molar-refractivity contribution in [1.29, 1.82) is 0 Å². The molecule has 0 amide bonds. The van der Waals surface area contributed by atoms with Gasteiger partial charge in [0.05, 0.1) is 5.60 Å². The molecular weight excluding hydrogens is 174 g/mol. The van der Waals surface area contributed by atoms with Crippen LogP contribution in [-0.4, -0.2) is 25.8 Å². The second kappa shape index (κ2) is 4.19. The summed E-state index contributed by atoms with van der Waals surface area (Å²) < 4.78 is 5.73. The van der Waals surface area contributed by atoms with Crippen molar-refractivity contribution in [2.24, 2.45) is 5.92 Å². The van der Waals surface area contributed by atoms with Crippen molar-refractivity contribution in [2.75, 3.05) is 14.2 Å². The van der Waals surface area contributed by atoms with Gasteiger partial charge in [-0.3, -0.25) is 0 Å². The van der Waals surface area contributed by atoms with Crippen LogP contribution in [0.15, 0.2) is 0 Å². The fraction of sp³-hybridized carbons (Fsp3) is 1.00. The zero-order valence-electron chi connectivity index (χ0n) is 9.51. The second-order valence-electron chi connectivity index (χ2n) is 5.00. The van der Waals surface area contributed by atoms with Gasteiger partial charge in [-0.15, -0.1) is 0 Å². The summed E-state index contributed by atoms with van der Waals surface area (Å²) in [6.45, 7) is 0. The molecule has 2 saturated carbocycles. The molecule has 1 N–H and O–H groups in total. The zero-order valence-corrected chi connectivity index (χ0v) is 9.51. The maximum Gasteiger partial charge on any atom is 0.0831 e. The van der Waals surface area contributed by atoms with E-state index >= 15 is 0 Å². The summed E-state index contributed by atoms with van der Waals surface area (Å²) >= 11 is 0. The monoisotopic (exact) mass is 197 g/mol. The van der Waals surface area contributed by atoms with Gasteiger partial charge in [-0.2, -0.15) is 0 Å². The van der Waals surface area contributed by atoms with E-state index in [0.29, 0.717) is 6.04 Å². The molecule has 0 aliphatic heterocycles. The number of likely N-dealkylation sites (N-methyl/N-ethyl adjacent to an activating group) is 1. The van der Waals surface area contributed by atoms with Crippen molar-refractivity contribution in [2.45, 2.75) is 56.6 Å². The molecular formula is C12H23NO. The van der Waals surface area contributed by atoms with Gasteiger partial charge in [0, 0.05) is 13.2 Å². The fourth-order valence-corrected chi connectivity index (χ4v) is 2.88. The summed E-state index contributed by atoms with van der Waals surface area (Å²) in [5.74, 6) is 0.972. The molecule has 0 aromatic rings. The van der Waals surface area contributed by atoms with Gasteiger partial charge in [-0.25, -0.2) is 0 Å². The Balaban J connectivity index is 1.89. The predicted octanol–water partition coefficient (Wildman–Crippen LogP) is 2.33. The minimum atomic E-state index is 0.185. The van der Waals surface area contributed by atoms with Crippen molar-refractivity contribution in [1.82, 2.24) is 5.32 Å². The molecule has 2 aliphatic carbocycles. The van der Waals surface area contributed by atoms with E-state index in [0.717, 1.165) is 5.92 Å². The third-order valence-electron chi connectivity index (χ3n) is 4.38. The molecule has 0 aromatic heterocycles. The Labute approximate surface area is 87.4 Å². The Morgan fingerprint density at radius 1 is 1.36 bits per heavy atom. The van der Waals surface area contributed by atoms with Crippen LogP contribution in [-0.2, 0) is 4.74 Å². The predicted molar refractivity (Wildman–Crippen MR) is 58.4 cm³/mol. The van der Waals surface area contributed by atoms with Gasteiger partial charge in [0.1, 0.15) is 0 Å². The molecule has 2 rings (SSSR count). The van der Waals surface area contributed by atoms with Crippen molar-refractivity contribution < 1.29 is 4.74 Å². The van der Waals surface area contributed by atoms with E-state index in [9.17, 15) is 0 Å². The third-order valence-corrected chi connectivity index (χ3v) is 4.38. The Kier molecular flexibility index (Phi) is 3.13. The lowest BCUT2D eigenvalue weighted by Crippen LogP contribution is -2.56. The Morgan fingerprint density at radius 3 is 2.36 bits per heavy atom. The SMILES string of the molecule is CNC(CC1CCC1)C1(OC)CCC1. The lowest BCUT2D eigenvalue weighted by Gasteiger charge is -2.48. The van der Waals surface area contributed by atoms with E-state index in [2.05, 4.69) is 12.4 Å². The molecule has 2 nitrogen and oxygen atoms in total. The first-order valence-corrected chi connectivity index (χ1v) is 6.03. The topological polar surface area (TPSA) is 21.3 Å². The highest BCUT2D eigenvalue weighted by Gasteiger charge is 2.44. The first-order chi connectivity index (χ1) is 6.80. The average Bonchev–Trinajstić information content (AvgIpc) is 2.06. The van der Waals surface area contributed by atoms with Gasteiger partial charge in [-0.05, 0) is 38.6 Å². The van der Waals surface area contributed by atoms with Crippen LogP contribution >= 0.6 is 0 Å². The van der Waals surface area contributed by atoms with E-state index in [1.165, 1.54) is 44.9 Å². The molecule has 2 fully saturated rings. The number of rotatable bonds is 5. The van der Waals surface area contributed by atoms with Crippen LogP contribution in [0.3, 0.4) is 0 Å². The van der Waals surface area contributed by atoms with E-state index < -0.39 is 0 Å². The molecule has 2 aliphatic rings. The van der Waals surface area contributed by atoms with Crippen LogP contribution in [0, 0.1) is 5.92 Å². The molecule has 0 aromatic carbocycles. The molecule has 0 spiro atoms. The third kappa shape index (κ3) is 1.70.